The van der Waals surface area contributed by atoms with Crippen molar-refractivity contribution in [1.82, 2.24) is 9.55 Å². The second-order valence-electron chi connectivity index (χ2n) is 4.33. The smallest absolute Gasteiger partial charge is 0.372 e. The molecule has 3 rings (SSSR count). The van der Waals surface area contributed by atoms with E-state index in [0.717, 1.165) is 17.7 Å². The minimum atomic E-state index is -0.966. The molecule has 4 heteroatoms. The average molecular weight is 228 g/mol. The zero-order chi connectivity index (χ0) is 12.0. The van der Waals surface area contributed by atoms with E-state index in [1.165, 1.54) is 11.1 Å². The van der Waals surface area contributed by atoms with E-state index in [1.807, 2.05) is 12.1 Å². The molecule has 0 bridgehead atoms. The molecule has 0 fully saturated rings. The van der Waals surface area contributed by atoms with E-state index in [9.17, 15) is 4.79 Å². The van der Waals surface area contributed by atoms with Crippen LogP contribution in [-0.2, 0) is 13.0 Å². The van der Waals surface area contributed by atoms with Gasteiger partial charge in [0.2, 0.25) is 5.82 Å². The molecule has 86 valence electrons. The summed E-state index contributed by atoms with van der Waals surface area (Å²) in [5.74, 6) is -0.835. The summed E-state index contributed by atoms with van der Waals surface area (Å²) in [6.07, 6.45) is 2.51. The summed E-state index contributed by atoms with van der Waals surface area (Å²) >= 11 is 0. The van der Waals surface area contributed by atoms with Crippen LogP contribution in [0.3, 0.4) is 0 Å². The summed E-state index contributed by atoms with van der Waals surface area (Å²) in [7, 11) is 0. The van der Waals surface area contributed by atoms with E-state index >= 15 is 0 Å². The van der Waals surface area contributed by atoms with Crippen LogP contribution in [0.5, 0.6) is 0 Å². The van der Waals surface area contributed by atoms with Crippen LogP contribution in [-0.4, -0.2) is 20.6 Å². The van der Waals surface area contributed by atoms with Crippen LogP contribution in [0.1, 0.15) is 21.7 Å². The lowest BCUT2D eigenvalue weighted by Crippen LogP contribution is -2.16. The van der Waals surface area contributed by atoms with Crippen molar-refractivity contribution in [2.75, 3.05) is 0 Å². The number of hydrogen-bond donors (Lipinski definition) is 1. The topological polar surface area (TPSA) is 55.1 Å². The predicted molar refractivity (Wildman–Crippen MR) is 63.1 cm³/mol. The van der Waals surface area contributed by atoms with Crippen LogP contribution in [0.4, 0.5) is 0 Å². The van der Waals surface area contributed by atoms with Crippen LogP contribution >= 0.6 is 0 Å². The maximum absolute atomic E-state index is 11.0. The molecule has 1 aromatic carbocycles. The number of fused-ring (bicyclic) bond motifs is 3. The summed E-state index contributed by atoms with van der Waals surface area (Å²) in [6.45, 7) is 2.75. The van der Waals surface area contributed by atoms with Gasteiger partial charge in [-0.05, 0) is 18.9 Å². The number of carbonyl (C=O) groups is 1. The highest BCUT2D eigenvalue weighted by Crippen LogP contribution is 2.30. The fraction of sp³-hybridized carbons (Fsp3) is 0.231. The summed E-state index contributed by atoms with van der Waals surface area (Å²) < 4.78 is 1.78. The molecule has 0 atom stereocenters. The standard InChI is InChI=1S/C13H12N2O2/c1-8-2-3-10-9(6-8)4-5-15-11(10)7-14-12(15)13(16)17/h2-3,6-7H,4-5H2,1H3,(H,16,17). The number of imidazole rings is 1. The average Bonchev–Trinajstić information content (AvgIpc) is 2.72. The Morgan fingerprint density at radius 3 is 3.06 bits per heavy atom. The molecule has 0 amide bonds. The summed E-state index contributed by atoms with van der Waals surface area (Å²) in [6, 6.07) is 6.25. The van der Waals surface area contributed by atoms with Gasteiger partial charge < -0.3 is 9.67 Å². The van der Waals surface area contributed by atoms with Gasteiger partial charge in [-0.1, -0.05) is 23.8 Å². The van der Waals surface area contributed by atoms with Gasteiger partial charge in [-0.25, -0.2) is 9.78 Å². The number of aryl methyl sites for hydroxylation is 2. The molecule has 1 aliphatic heterocycles. The van der Waals surface area contributed by atoms with Gasteiger partial charge >= 0.3 is 5.97 Å². The van der Waals surface area contributed by atoms with E-state index in [2.05, 4.69) is 18.0 Å². The summed E-state index contributed by atoms with van der Waals surface area (Å²) in [4.78, 5) is 15.0. The third kappa shape index (κ3) is 1.45. The highest BCUT2D eigenvalue weighted by molar-refractivity contribution is 5.85. The van der Waals surface area contributed by atoms with Crippen molar-refractivity contribution in [3.63, 3.8) is 0 Å². The zero-order valence-electron chi connectivity index (χ0n) is 9.47. The molecule has 1 aliphatic rings. The largest absolute Gasteiger partial charge is 0.475 e. The first-order chi connectivity index (χ1) is 8.16. The maximum Gasteiger partial charge on any atom is 0.372 e. The van der Waals surface area contributed by atoms with Gasteiger partial charge in [0.15, 0.2) is 0 Å². The van der Waals surface area contributed by atoms with E-state index in [4.69, 9.17) is 5.11 Å². The lowest BCUT2D eigenvalue weighted by atomic mass is 9.97. The minimum Gasteiger partial charge on any atom is -0.475 e. The molecule has 1 aromatic heterocycles. The molecular weight excluding hydrogens is 216 g/mol. The number of carboxylic acid groups (broad SMARTS) is 1. The van der Waals surface area contributed by atoms with Crippen molar-refractivity contribution < 1.29 is 9.90 Å². The number of rotatable bonds is 1. The molecule has 0 radical (unpaired) electrons. The number of nitrogens with zero attached hydrogens (tertiary/aromatic N) is 2. The molecule has 0 spiro atoms. The van der Waals surface area contributed by atoms with Crippen molar-refractivity contribution in [3.8, 4) is 11.3 Å². The van der Waals surface area contributed by atoms with Gasteiger partial charge in [0.05, 0.1) is 11.9 Å². The van der Waals surface area contributed by atoms with E-state index in [1.54, 1.807) is 10.8 Å². The first kappa shape index (κ1) is 10.1. The molecule has 1 N–H and O–H groups in total. The van der Waals surface area contributed by atoms with Crippen molar-refractivity contribution in [1.29, 1.82) is 0 Å². The van der Waals surface area contributed by atoms with Gasteiger partial charge in [-0.2, -0.15) is 0 Å². The fourth-order valence-corrected chi connectivity index (χ4v) is 2.40. The third-order valence-corrected chi connectivity index (χ3v) is 3.19. The summed E-state index contributed by atoms with van der Waals surface area (Å²) in [5.41, 5.74) is 4.51. The SMILES string of the molecule is Cc1ccc2c(c1)CCn1c-2cnc1C(=O)O. The van der Waals surface area contributed by atoms with Crippen molar-refractivity contribution in [2.24, 2.45) is 0 Å². The number of aromatic carboxylic acids is 1. The van der Waals surface area contributed by atoms with E-state index < -0.39 is 5.97 Å². The van der Waals surface area contributed by atoms with Crippen LogP contribution in [0.25, 0.3) is 11.3 Å². The van der Waals surface area contributed by atoms with Crippen LogP contribution < -0.4 is 0 Å². The molecule has 0 saturated heterocycles. The molecule has 0 saturated carbocycles. The highest BCUT2D eigenvalue weighted by atomic mass is 16.4. The highest BCUT2D eigenvalue weighted by Gasteiger charge is 2.22. The quantitative estimate of drug-likeness (QED) is 0.813. The Kier molecular flexibility index (Phi) is 2.04. The molecule has 0 aliphatic carbocycles. The molecule has 4 nitrogen and oxygen atoms in total. The summed E-state index contributed by atoms with van der Waals surface area (Å²) in [5, 5.41) is 9.04. The maximum atomic E-state index is 11.0. The monoisotopic (exact) mass is 228 g/mol. The first-order valence-corrected chi connectivity index (χ1v) is 5.55. The second-order valence-corrected chi connectivity index (χ2v) is 4.33. The lowest BCUT2D eigenvalue weighted by molar-refractivity contribution is 0.0678. The number of benzene rings is 1. The Hall–Kier alpha value is -2.10. The van der Waals surface area contributed by atoms with Crippen LogP contribution in [0.2, 0.25) is 0 Å². The Balaban J connectivity index is 2.21. The zero-order valence-corrected chi connectivity index (χ0v) is 9.47. The second kappa shape index (κ2) is 3.45. The Morgan fingerprint density at radius 2 is 2.29 bits per heavy atom. The first-order valence-electron chi connectivity index (χ1n) is 5.55. The van der Waals surface area contributed by atoms with Crippen molar-refractivity contribution in [3.05, 3.63) is 41.3 Å². The van der Waals surface area contributed by atoms with E-state index in [-0.39, 0.29) is 5.82 Å². The molecule has 2 aromatic rings. The molecule has 0 unspecified atom stereocenters. The number of carboxylic acids is 1. The number of aromatic nitrogens is 2. The predicted octanol–water partition coefficient (Wildman–Crippen LogP) is 2.11. The van der Waals surface area contributed by atoms with Crippen LogP contribution in [0.15, 0.2) is 24.4 Å². The van der Waals surface area contributed by atoms with Gasteiger partial charge in [0, 0.05) is 12.1 Å². The molecular formula is C13H12N2O2. The minimum absolute atomic E-state index is 0.131. The lowest BCUT2D eigenvalue weighted by Gasteiger charge is -2.19. The van der Waals surface area contributed by atoms with E-state index in [0.29, 0.717) is 6.54 Å². The molecule has 17 heavy (non-hydrogen) atoms. The number of hydrogen-bond acceptors (Lipinski definition) is 2. The van der Waals surface area contributed by atoms with Gasteiger partial charge in [-0.3, -0.25) is 0 Å². The normalized spacial score (nSPS) is 13.0. The van der Waals surface area contributed by atoms with Gasteiger partial charge in [0.1, 0.15) is 0 Å². The van der Waals surface area contributed by atoms with Crippen molar-refractivity contribution in [2.45, 2.75) is 19.9 Å². The Labute approximate surface area is 98.5 Å². The Morgan fingerprint density at radius 1 is 1.47 bits per heavy atom. The van der Waals surface area contributed by atoms with Crippen LogP contribution in [0, 0.1) is 6.92 Å². The fourth-order valence-electron chi connectivity index (χ4n) is 2.40. The third-order valence-electron chi connectivity index (χ3n) is 3.19. The van der Waals surface area contributed by atoms with Crippen molar-refractivity contribution >= 4 is 5.97 Å². The Bertz CT molecular complexity index is 614. The van der Waals surface area contributed by atoms with Gasteiger partial charge in [-0.15, -0.1) is 0 Å². The van der Waals surface area contributed by atoms with Gasteiger partial charge in [0.25, 0.3) is 0 Å². The molecule has 2 heterocycles.